The molecule has 5 nitrogen and oxygen atoms in total. The molecule has 0 unspecified atom stereocenters. The highest BCUT2D eigenvalue weighted by Crippen LogP contribution is 2.39. The minimum Gasteiger partial charge on any atom is -0.493 e. The second-order valence-corrected chi connectivity index (χ2v) is 7.79. The number of carbonyl (C=O) groups excluding carboxylic acids is 1. The Bertz CT molecular complexity index is 952. The van der Waals surface area contributed by atoms with E-state index >= 15 is 0 Å². The van der Waals surface area contributed by atoms with Crippen LogP contribution in [0.3, 0.4) is 0 Å². The molecule has 1 amide bonds. The Morgan fingerprint density at radius 2 is 1.73 bits per heavy atom. The molecule has 0 spiro atoms. The van der Waals surface area contributed by atoms with Crippen LogP contribution in [0.25, 0.3) is 6.08 Å². The van der Waals surface area contributed by atoms with E-state index in [2.05, 4.69) is 0 Å². The molecule has 1 saturated carbocycles. The van der Waals surface area contributed by atoms with Crippen molar-refractivity contribution in [3.8, 4) is 11.5 Å². The highest BCUT2D eigenvalue weighted by molar-refractivity contribution is 6.07. The zero-order valence-corrected chi connectivity index (χ0v) is 17.6. The highest BCUT2D eigenvalue weighted by atomic mass is 16.5. The predicted octanol–water partition coefficient (Wildman–Crippen LogP) is 4.77. The second-order valence-electron chi connectivity index (χ2n) is 7.79. The van der Waals surface area contributed by atoms with Crippen LogP contribution in [0.2, 0.25) is 0 Å². The first-order chi connectivity index (χ1) is 14.7. The number of fused-ring (bicyclic) bond motifs is 1. The molecule has 1 heterocycles. The fraction of sp³-hybridized carbons (Fsp3) is 0.360. The van der Waals surface area contributed by atoms with E-state index < -0.39 is 0 Å². The van der Waals surface area contributed by atoms with E-state index in [-0.39, 0.29) is 17.7 Å². The topological polar surface area (TPSA) is 51.1 Å². The zero-order valence-electron chi connectivity index (χ0n) is 17.6. The third kappa shape index (κ3) is 4.11. The van der Waals surface area contributed by atoms with E-state index in [9.17, 15) is 4.79 Å². The minimum absolute atomic E-state index is 0.00414. The van der Waals surface area contributed by atoms with Gasteiger partial charge in [0.2, 0.25) is 5.91 Å². The van der Waals surface area contributed by atoms with Gasteiger partial charge in [-0.25, -0.2) is 5.01 Å². The van der Waals surface area contributed by atoms with Crippen molar-refractivity contribution in [3.63, 3.8) is 0 Å². The van der Waals surface area contributed by atoms with Crippen LogP contribution in [0.4, 0.5) is 0 Å². The standard InChI is InChI=1S/C25H28N2O3/c1-29-22-15-14-19(17-23(22)30-2)24-20-12-6-7-13-21(20)25(28)27(26-24)16-8-11-18-9-4-3-5-10-18/h3-5,8-11,14-15,17,20-21H,6-7,12-13,16H2,1-2H3/b11-8+/t20-,21+/m1/s1. The molecule has 2 aliphatic rings. The predicted molar refractivity (Wildman–Crippen MR) is 119 cm³/mol. The SMILES string of the molecule is COc1ccc(C2=NN(C/C=C/c3ccccc3)C(=O)[C@H]3CCCC[C@@H]23)cc1OC. The fourth-order valence-electron chi connectivity index (χ4n) is 4.45. The van der Waals surface area contributed by atoms with Gasteiger partial charge in [-0.2, -0.15) is 5.10 Å². The van der Waals surface area contributed by atoms with E-state index in [4.69, 9.17) is 14.6 Å². The van der Waals surface area contributed by atoms with Crippen LogP contribution in [-0.4, -0.2) is 37.4 Å². The molecule has 2 aromatic carbocycles. The van der Waals surface area contributed by atoms with E-state index in [1.54, 1.807) is 19.2 Å². The molecule has 156 valence electrons. The van der Waals surface area contributed by atoms with Crippen LogP contribution in [-0.2, 0) is 4.79 Å². The fourth-order valence-corrected chi connectivity index (χ4v) is 4.45. The van der Waals surface area contributed by atoms with Crippen molar-refractivity contribution in [2.24, 2.45) is 16.9 Å². The molecular formula is C25H28N2O3. The summed E-state index contributed by atoms with van der Waals surface area (Å²) in [5.74, 6) is 1.68. The van der Waals surface area contributed by atoms with E-state index in [0.29, 0.717) is 18.0 Å². The van der Waals surface area contributed by atoms with Crippen molar-refractivity contribution < 1.29 is 14.3 Å². The number of rotatable bonds is 6. The summed E-state index contributed by atoms with van der Waals surface area (Å²) in [5, 5.41) is 6.47. The van der Waals surface area contributed by atoms with Gasteiger partial charge in [0.05, 0.1) is 26.5 Å². The first-order valence-corrected chi connectivity index (χ1v) is 10.5. The normalized spacial score (nSPS) is 21.3. The number of methoxy groups -OCH3 is 2. The summed E-state index contributed by atoms with van der Waals surface area (Å²) >= 11 is 0. The number of ether oxygens (including phenoxy) is 2. The Morgan fingerprint density at radius 1 is 1.00 bits per heavy atom. The number of hydrogen-bond acceptors (Lipinski definition) is 4. The maximum Gasteiger partial charge on any atom is 0.246 e. The van der Waals surface area contributed by atoms with Gasteiger partial charge in [-0.05, 0) is 36.6 Å². The summed E-state index contributed by atoms with van der Waals surface area (Å²) < 4.78 is 10.9. The van der Waals surface area contributed by atoms with Crippen molar-refractivity contribution in [1.82, 2.24) is 5.01 Å². The Labute approximate surface area is 178 Å². The van der Waals surface area contributed by atoms with E-state index in [1.165, 1.54) is 0 Å². The molecule has 0 N–H and O–H groups in total. The van der Waals surface area contributed by atoms with Crippen LogP contribution in [0.5, 0.6) is 11.5 Å². The third-order valence-corrected chi connectivity index (χ3v) is 5.98. The Kier molecular flexibility index (Phi) is 6.17. The van der Waals surface area contributed by atoms with Crippen molar-refractivity contribution in [3.05, 3.63) is 65.7 Å². The van der Waals surface area contributed by atoms with Crippen molar-refractivity contribution >= 4 is 17.7 Å². The smallest absolute Gasteiger partial charge is 0.246 e. The molecule has 0 bridgehead atoms. The lowest BCUT2D eigenvalue weighted by molar-refractivity contribution is -0.138. The monoisotopic (exact) mass is 404 g/mol. The second kappa shape index (κ2) is 9.16. The molecule has 2 aromatic rings. The van der Waals surface area contributed by atoms with Gasteiger partial charge in [0.25, 0.3) is 0 Å². The molecular weight excluding hydrogens is 376 g/mol. The van der Waals surface area contributed by atoms with Gasteiger partial charge in [0.1, 0.15) is 0 Å². The number of amides is 1. The van der Waals surface area contributed by atoms with Gasteiger partial charge in [-0.15, -0.1) is 0 Å². The number of benzene rings is 2. The zero-order chi connectivity index (χ0) is 20.9. The molecule has 0 radical (unpaired) electrons. The minimum atomic E-state index is 0.00414. The first-order valence-electron chi connectivity index (χ1n) is 10.5. The van der Waals surface area contributed by atoms with Crippen molar-refractivity contribution in [2.75, 3.05) is 20.8 Å². The van der Waals surface area contributed by atoms with E-state index in [1.807, 2.05) is 60.7 Å². The molecule has 1 aliphatic carbocycles. The van der Waals surface area contributed by atoms with Crippen LogP contribution in [0.1, 0.15) is 36.8 Å². The molecule has 4 rings (SSSR count). The van der Waals surface area contributed by atoms with Crippen LogP contribution < -0.4 is 9.47 Å². The van der Waals surface area contributed by atoms with Gasteiger partial charge in [-0.1, -0.05) is 55.3 Å². The summed E-state index contributed by atoms with van der Waals surface area (Å²) in [6.07, 6.45) is 8.19. The van der Waals surface area contributed by atoms with Crippen LogP contribution in [0, 0.1) is 11.8 Å². The molecule has 0 aromatic heterocycles. The molecule has 0 saturated heterocycles. The average Bonchev–Trinajstić information content (AvgIpc) is 2.81. The Morgan fingerprint density at radius 3 is 2.47 bits per heavy atom. The average molecular weight is 405 g/mol. The lowest BCUT2D eigenvalue weighted by Gasteiger charge is -2.38. The lowest BCUT2D eigenvalue weighted by Crippen LogP contribution is -2.46. The lowest BCUT2D eigenvalue weighted by atomic mass is 9.73. The summed E-state index contributed by atoms with van der Waals surface area (Å²) in [6, 6.07) is 16.0. The molecule has 2 atom stereocenters. The maximum absolute atomic E-state index is 13.1. The van der Waals surface area contributed by atoms with Crippen LogP contribution >= 0.6 is 0 Å². The number of hydrogen-bond donors (Lipinski definition) is 0. The summed E-state index contributed by atoms with van der Waals surface area (Å²) in [6.45, 7) is 0.466. The highest BCUT2D eigenvalue weighted by Gasteiger charge is 2.41. The van der Waals surface area contributed by atoms with Gasteiger partial charge in [0.15, 0.2) is 11.5 Å². The quantitative estimate of drug-likeness (QED) is 0.697. The number of hydrazone groups is 1. The number of nitrogens with zero attached hydrogens (tertiary/aromatic N) is 2. The molecule has 5 heteroatoms. The maximum atomic E-state index is 13.1. The largest absolute Gasteiger partial charge is 0.493 e. The third-order valence-electron chi connectivity index (χ3n) is 5.98. The summed E-state index contributed by atoms with van der Waals surface area (Å²) in [4.78, 5) is 13.1. The van der Waals surface area contributed by atoms with Crippen molar-refractivity contribution in [1.29, 1.82) is 0 Å². The van der Waals surface area contributed by atoms with Crippen molar-refractivity contribution in [2.45, 2.75) is 25.7 Å². The van der Waals surface area contributed by atoms with Gasteiger partial charge >= 0.3 is 0 Å². The molecule has 1 aliphatic heterocycles. The van der Waals surface area contributed by atoms with Crippen LogP contribution in [0.15, 0.2) is 59.7 Å². The first kappa shape index (κ1) is 20.2. The van der Waals surface area contributed by atoms with Gasteiger partial charge in [0, 0.05) is 17.4 Å². The Hall–Kier alpha value is -3.08. The molecule has 30 heavy (non-hydrogen) atoms. The number of carbonyl (C=O) groups is 1. The van der Waals surface area contributed by atoms with Gasteiger partial charge < -0.3 is 9.47 Å². The Balaban J connectivity index is 1.65. The van der Waals surface area contributed by atoms with Gasteiger partial charge in [-0.3, -0.25) is 4.79 Å². The molecule has 1 fully saturated rings. The van der Waals surface area contributed by atoms with E-state index in [0.717, 1.165) is 42.5 Å². The summed E-state index contributed by atoms with van der Waals surface area (Å²) in [7, 11) is 3.27. The summed E-state index contributed by atoms with van der Waals surface area (Å²) in [5.41, 5.74) is 3.09.